The van der Waals surface area contributed by atoms with E-state index in [-0.39, 0.29) is 5.91 Å². The van der Waals surface area contributed by atoms with Crippen LogP contribution in [0.15, 0.2) is 35.8 Å². The van der Waals surface area contributed by atoms with E-state index >= 15 is 0 Å². The predicted octanol–water partition coefficient (Wildman–Crippen LogP) is 2.95. The minimum Gasteiger partial charge on any atom is -0.375 e. The first-order valence-electron chi connectivity index (χ1n) is 8.44. The Morgan fingerprint density at radius 1 is 1.21 bits per heavy atom. The van der Waals surface area contributed by atoms with Crippen molar-refractivity contribution in [3.8, 4) is 0 Å². The summed E-state index contributed by atoms with van der Waals surface area (Å²) in [4.78, 5) is 23.6. The minimum absolute atomic E-state index is 0.127. The molecule has 0 atom stereocenters. The van der Waals surface area contributed by atoms with Crippen LogP contribution in [-0.2, 0) is 0 Å². The van der Waals surface area contributed by atoms with Gasteiger partial charge >= 0.3 is 0 Å². The van der Waals surface area contributed by atoms with E-state index in [9.17, 15) is 4.79 Å². The molecule has 0 saturated carbocycles. The third kappa shape index (κ3) is 3.70. The van der Waals surface area contributed by atoms with Gasteiger partial charge in [-0.05, 0) is 37.6 Å². The Bertz CT molecular complexity index is 656. The fourth-order valence-corrected chi connectivity index (χ4v) is 3.60. The number of amides is 1. The number of hydrogen-bond donors (Lipinski definition) is 0. The number of nitrogens with zero attached hydrogens (tertiary/aromatic N) is 4. The molecule has 0 spiro atoms. The summed E-state index contributed by atoms with van der Waals surface area (Å²) < 4.78 is 0. The van der Waals surface area contributed by atoms with Crippen LogP contribution in [0.4, 0.5) is 10.8 Å². The van der Waals surface area contributed by atoms with Crippen LogP contribution in [-0.4, -0.2) is 55.6 Å². The fourth-order valence-electron chi connectivity index (χ4n) is 2.91. The van der Waals surface area contributed by atoms with Gasteiger partial charge in [0.25, 0.3) is 5.91 Å². The van der Waals surface area contributed by atoms with Crippen molar-refractivity contribution in [2.45, 2.75) is 13.3 Å². The third-order valence-corrected chi connectivity index (χ3v) is 5.33. The topological polar surface area (TPSA) is 39.7 Å². The molecular weight excluding hydrogens is 320 g/mol. The first-order chi connectivity index (χ1) is 11.7. The molecule has 0 radical (unpaired) electrons. The van der Waals surface area contributed by atoms with E-state index in [1.54, 1.807) is 11.3 Å². The summed E-state index contributed by atoms with van der Waals surface area (Å²) >= 11 is 1.66. The summed E-state index contributed by atoms with van der Waals surface area (Å²) in [6.45, 7) is 6.41. The lowest BCUT2D eigenvalue weighted by Crippen LogP contribution is -2.35. The highest BCUT2D eigenvalue weighted by Gasteiger charge is 2.21. The molecule has 0 bridgehead atoms. The number of carbonyl (C=O) groups is 1. The van der Waals surface area contributed by atoms with Crippen molar-refractivity contribution in [3.63, 3.8) is 0 Å². The molecule has 1 aliphatic heterocycles. The van der Waals surface area contributed by atoms with Crippen molar-refractivity contribution in [2.24, 2.45) is 0 Å². The van der Waals surface area contributed by atoms with Crippen LogP contribution in [0.2, 0.25) is 0 Å². The monoisotopic (exact) mass is 344 g/mol. The molecule has 1 aromatic heterocycles. The molecule has 1 fully saturated rings. The predicted molar refractivity (Wildman–Crippen MR) is 100 cm³/mol. The lowest BCUT2D eigenvalue weighted by Gasteiger charge is -2.22. The fraction of sp³-hybridized carbons (Fsp3) is 0.444. The van der Waals surface area contributed by atoms with Crippen molar-refractivity contribution in [1.82, 2.24) is 9.88 Å². The van der Waals surface area contributed by atoms with Crippen molar-refractivity contribution in [3.05, 3.63) is 41.4 Å². The van der Waals surface area contributed by atoms with Crippen LogP contribution in [0, 0.1) is 0 Å². The molecule has 2 heterocycles. The zero-order valence-corrected chi connectivity index (χ0v) is 15.1. The van der Waals surface area contributed by atoms with Gasteiger partial charge in [0, 0.05) is 62.6 Å². The highest BCUT2D eigenvalue weighted by Crippen LogP contribution is 2.20. The SMILES string of the molecule is CCN(C)c1ccc(C(=O)N2CCCN(c3nccs3)CC2)cc1. The summed E-state index contributed by atoms with van der Waals surface area (Å²) in [5.74, 6) is 0.127. The van der Waals surface area contributed by atoms with E-state index in [1.807, 2.05) is 40.7 Å². The Balaban J connectivity index is 1.64. The molecule has 0 aliphatic carbocycles. The summed E-state index contributed by atoms with van der Waals surface area (Å²) in [6.07, 6.45) is 2.81. The van der Waals surface area contributed by atoms with Crippen molar-refractivity contribution < 1.29 is 4.79 Å². The molecule has 1 amide bonds. The Morgan fingerprint density at radius 2 is 2.00 bits per heavy atom. The number of benzene rings is 1. The first-order valence-corrected chi connectivity index (χ1v) is 9.32. The number of anilines is 2. The number of carbonyl (C=O) groups excluding carboxylic acids is 1. The van der Waals surface area contributed by atoms with E-state index < -0.39 is 0 Å². The summed E-state index contributed by atoms with van der Waals surface area (Å²) in [5, 5.41) is 3.05. The van der Waals surface area contributed by atoms with Gasteiger partial charge in [0.15, 0.2) is 5.13 Å². The summed E-state index contributed by atoms with van der Waals surface area (Å²) in [6, 6.07) is 7.92. The number of aromatic nitrogens is 1. The maximum Gasteiger partial charge on any atom is 0.253 e. The maximum absolute atomic E-state index is 12.8. The molecule has 128 valence electrons. The normalized spacial score (nSPS) is 15.2. The first kappa shape index (κ1) is 16.8. The second kappa shape index (κ2) is 7.66. The third-order valence-electron chi connectivity index (χ3n) is 4.50. The van der Waals surface area contributed by atoms with Gasteiger partial charge in [-0.2, -0.15) is 0 Å². The van der Waals surface area contributed by atoms with Gasteiger partial charge in [0.2, 0.25) is 0 Å². The van der Waals surface area contributed by atoms with Crippen molar-refractivity contribution in [2.75, 3.05) is 49.6 Å². The van der Waals surface area contributed by atoms with Gasteiger partial charge in [-0.15, -0.1) is 11.3 Å². The molecule has 1 aliphatic rings. The quantitative estimate of drug-likeness (QED) is 0.855. The lowest BCUT2D eigenvalue weighted by atomic mass is 10.1. The van der Waals surface area contributed by atoms with E-state index in [1.165, 1.54) is 0 Å². The lowest BCUT2D eigenvalue weighted by molar-refractivity contribution is 0.0767. The number of rotatable bonds is 4. The van der Waals surface area contributed by atoms with Gasteiger partial charge in [0.1, 0.15) is 0 Å². The Kier molecular flexibility index (Phi) is 5.35. The molecule has 0 N–H and O–H groups in total. The van der Waals surface area contributed by atoms with E-state index in [4.69, 9.17) is 0 Å². The summed E-state index contributed by atoms with van der Waals surface area (Å²) in [5.41, 5.74) is 1.91. The number of hydrogen-bond acceptors (Lipinski definition) is 5. The highest BCUT2D eigenvalue weighted by molar-refractivity contribution is 7.13. The van der Waals surface area contributed by atoms with E-state index in [0.29, 0.717) is 0 Å². The van der Waals surface area contributed by atoms with Crippen LogP contribution in [0.1, 0.15) is 23.7 Å². The molecular formula is C18H24N4OS. The second-order valence-electron chi connectivity index (χ2n) is 6.01. The second-order valence-corrected chi connectivity index (χ2v) is 6.88. The number of thiazole rings is 1. The van der Waals surface area contributed by atoms with Gasteiger partial charge in [-0.1, -0.05) is 0 Å². The van der Waals surface area contributed by atoms with Crippen LogP contribution in [0.3, 0.4) is 0 Å². The molecule has 6 heteroatoms. The molecule has 1 saturated heterocycles. The average Bonchev–Trinajstić information content (AvgIpc) is 3.05. The van der Waals surface area contributed by atoms with Crippen LogP contribution in [0.25, 0.3) is 0 Å². The van der Waals surface area contributed by atoms with E-state index in [2.05, 4.69) is 28.8 Å². The van der Waals surface area contributed by atoms with Gasteiger partial charge in [0.05, 0.1) is 0 Å². The molecule has 24 heavy (non-hydrogen) atoms. The molecule has 2 aromatic rings. The Labute approximate surface area is 147 Å². The molecule has 0 unspecified atom stereocenters. The van der Waals surface area contributed by atoms with Gasteiger partial charge < -0.3 is 14.7 Å². The molecule has 5 nitrogen and oxygen atoms in total. The molecule has 1 aromatic carbocycles. The molecule has 3 rings (SSSR count). The average molecular weight is 344 g/mol. The van der Waals surface area contributed by atoms with Gasteiger partial charge in [-0.3, -0.25) is 4.79 Å². The zero-order valence-electron chi connectivity index (χ0n) is 14.3. The van der Waals surface area contributed by atoms with Crippen molar-refractivity contribution >= 4 is 28.1 Å². The summed E-state index contributed by atoms with van der Waals surface area (Å²) in [7, 11) is 2.05. The van der Waals surface area contributed by atoms with Gasteiger partial charge in [-0.25, -0.2) is 4.98 Å². The van der Waals surface area contributed by atoms with Crippen LogP contribution >= 0.6 is 11.3 Å². The smallest absolute Gasteiger partial charge is 0.253 e. The maximum atomic E-state index is 12.8. The Hall–Kier alpha value is -2.08. The van der Waals surface area contributed by atoms with Crippen LogP contribution in [0.5, 0.6) is 0 Å². The minimum atomic E-state index is 0.127. The Morgan fingerprint density at radius 3 is 2.67 bits per heavy atom. The largest absolute Gasteiger partial charge is 0.375 e. The van der Waals surface area contributed by atoms with Crippen molar-refractivity contribution in [1.29, 1.82) is 0 Å². The van der Waals surface area contributed by atoms with E-state index in [0.717, 1.165) is 55.5 Å². The van der Waals surface area contributed by atoms with Crippen LogP contribution < -0.4 is 9.80 Å². The zero-order chi connectivity index (χ0) is 16.9. The highest BCUT2D eigenvalue weighted by atomic mass is 32.1. The standard InChI is InChI=1S/C18H24N4OS/c1-3-20(2)16-7-5-15(6-8-16)17(23)21-10-4-11-22(13-12-21)18-19-9-14-24-18/h5-9,14H,3-4,10-13H2,1-2H3.